The number of benzene rings is 1. The van der Waals surface area contributed by atoms with Crippen molar-refractivity contribution in [1.82, 2.24) is 9.80 Å². The molecule has 2 bridgehead atoms. The molecule has 3 heteroatoms. The van der Waals surface area contributed by atoms with Gasteiger partial charge in [-0.3, -0.25) is 4.79 Å². The zero-order valence-electron chi connectivity index (χ0n) is 23.1. The summed E-state index contributed by atoms with van der Waals surface area (Å²) in [6, 6.07) is -3.84. The van der Waals surface area contributed by atoms with E-state index in [2.05, 4.69) is 0 Å². The third kappa shape index (κ3) is 1.81. The van der Waals surface area contributed by atoms with E-state index in [4.69, 9.17) is 12.3 Å². The molecule has 1 aromatic rings. The highest BCUT2D eigenvalue weighted by molar-refractivity contribution is 5.97. The van der Waals surface area contributed by atoms with Crippen LogP contribution in [0, 0.1) is 5.92 Å². The van der Waals surface area contributed by atoms with Crippen molar-refractivity contribution in [1.29, 1.82) is 0 Å². The van der Waals surface area contributed by atoms with Gasteiger partial charge < -0.3 is 9.80 Å². The Bertz CT molecular complexity index is 1080. The van der Waals surface area contributed by atoms with E-state index >= 15 is 0 Å². The fourth-order valence-corrected chi connectivity index (χ4v) is 4.00. The fraction of sp³-hybridized carbons (Fsp3) is 0.632. The van der Waals surface area contributed by atoms with E-state index in [0.29, 0.717) is 12.8 Å². The van der Waals surface area contributed by atoms with Crippen LogP contribution in [0.1, 0.15) is 68.0 Å². The number of hydrogen-bond acceptors (Lipinski definition) is 2. The van der Waals surface area contributed by atoms with Gasteiger partial charge in [-0.25, -0.2) is 0 Å². The normalized spacial score (nSPS) is 57.2. The van der Waals surface area contributed by atoms with Gasteiger partial charge in [-0.15, -0.1) is 0 Å². The molecule has 0 saturated carbocycles. The van der Waals surface area contributed by atoms with E-state index in [0.717, 1.165) is 18.0 Å². The molecule has 116 valence electrons. The summed E-state index contributed by atoms with van der Waals surface area (Å²) in [6.45, 7) is 0.993. The standard InChI is InChI=1S/C19H24N2O/c22-19-16-6-2-4-14-3-1-5-15(18(14)16)11-21(19)17-12-20-9-7-13(17)8-10-20/h2,4,6,13,15,17H,1,3,5,7-12H2/t15-,17-/m1/s1/i1D2,2D,3D2,4D,5D2,6D,15D,17D. The number of nitrogens with zero attached hydrogens (tertiary/aromatic N) is 2. The van der Waals surface area contributed by atoms with Crippen LogP contribution in [0.4, 0.5) is 0 Å². The van der Waals surface area contributed by atoms with Crippen molar-refractivity contribution in [2.75, 3.05) is 26.2 Å². The molecule has 22 heavy (non-hydrogen) atoms. The smallest absolute Gasteiger partial charge is 0.254 e. The molecule has 6 rings (SSSR count). The molecule has 0 radical (unpaired) electrons. The minimum atomic E-state index is -3.28. The Morgan fingerprint density at radius 1 is 1.27 bits per heavy atom. The first kappa shape index (κ1) is 6.27. The van der Waals surface area contributed by atoms with Gasteiger partial charge in [0.15, 0.2) is 0 Å². The van der Waals surface area contributed by atoms with Crippen LogP contribution in [0.2, 0.25) is 0 Å². The van der Waals surface area contributed by atoms with Crippen LogP contribution in [-0.2, 0) is 6.37 Å². The Morgan fingerprint density at radius 2 is 2.14 bits per heavy atom. The second-order valence-electron chi connectivity index (χ2n) is 6.29. The van der Waals surface area contributed by atoms with Gasteiger partial charge in [-0.1, -0.05) is 12.1 Å². The second-order valence-corrected chi connectivity index (χ2v) is 6.29. The maximum atomic E-state index is 13.7. The van der Waals surface area contributed by atoms with Crippen molar-refractivity contribution in [2.45, 2.75) is 43.9 Å². The molecule has 4 heterocycles. The molecular weight excluding hydrogens is 272 g/mol. The van der Waals surface area contributed by atoms with Gasteiger partial charge in [-0.2, -0.15) is 0 Å². The van der Waals surface area contributed by atoms with Gasteiger partial charge in [0.05, 0.1) is 5.48 Å². The average Bonchev–Trinajstić information content (AvgIpc) is 2.73. The van der Waals surface area contributed by atoms with Crippen molar-refractivity contribution in [2.24, 2.45) is 5.92 Å². The van der Waals surface area contributed by atoms with Crippen LogP contribution < -0.4 is 0 Å². The van der Waals surface area contributed by atoms with Crippen LogP contribution in [0.5, 0.6) is 0 Å². The zero-order valence-corrected chi connectivity index (χ0v) is 12.1. The second kappa shape index (κ2) is 4.82. The van der Waals surface area contributed by atoms with Crippen LogP contribution in [0.25, 0.3) is 0 Å². The fourth-order valence-electron chi connectivity index (χ4n) is 4.00. The molecule has 1 aliphatic carbocycles. The Balaban J connectivity index is 1.84. The third-order valence-electron chi connectivity index (χ3n) is 5.14. The summed E-state index contributed by atoms with van der Waals surface area (Å²) in [5, 5.41) is 0. The van der Waals surface area contributed by atoms with E-state index in [1.165, 1.54) is 0 Å². The summed E-state index contributed by atoms with van der Waals surface area (Å²) in [7, 11) is 0. The summed E-state index contributed by atoms with van der Waals surface area (Å²) in [6.07, 6.45) is -8.31. The summed E-state index contributed by atoms with van der Waals surface area (Å²) in [5.41, 5.74) is -1.79. The molecule has 0 N–H and O–H groups in total. The number of amides is 1. The third-order valence-corrected chi connectivity index (χ3v) is 5.14. The highest BCUT2D eigenvalue weighted by atomic mass is 16.2. The Kier molecular flexibility index (Phi) is 1.37. The minimum Gasteiger partial charge on any atom is -0.333 e. The first-order valence-corrected chi connectivity index (χ1v) is 7.73. The van der Waals surface area contributed by atoms with E-state index < -0.39 is 78.3 Å². The van der Waals surface area contributed by atoms with Crippen LogP contribution in [0.15, 0.2) is 18.1 Å². The summed E-state index contributed by atoms with van der Waals surface area (Å²) in [5.74, 6) is -3.67. The Labute approximate surface area is 147 Å². The highest BCUT2D eigenvalue weighted by Gasteiger charge is 2.43. The molecular formula is C19H24N2O. The molecule has 4 aliphatic heterocycles. The monoisotopic (exact) mass is 307 g/mol. The predicted octanol–water partition coefficient (Wildman–Crippen LogP) is 2.66. The average molecular weight is 307 g/mol. The summed E-state index contributed by atoms with van der Waals surface area (Å²) >= 11 is 0. The number of piperidine rings is 3. The predicted molar refractivity (Wildman–Crippen MR) is 86.1 cm³/mol. The van der Waals surface area contributed by atoms with E-state index in [1.807, 2.05) is 4.90 Å². The maximum absolute atomic E-state index is 13.7. The molecule has 3 nitrogen and oxygen atoms in total. The van der Waals surface area contributed by atoms with Gasteiger partial charge in [0.2, 0.25) is 0 Å². The van der Waals surface area contributed by atoms with Crippen molar-refractivity contribution in [3.8, 4) is 0 Å². The lowest BCUT2D eigenvalue weighted by atomic mass is 9.75. The Morgan fingerprint density at radius 3 is 2.91 bits per heavy atom. The lowest BCUT2D eigenvalue weighted by molar-refractivity contribution is 0.00258. The topological polar surface area (TPSA) is 23.6 Å². The molecule has 0 unspecified atom stereocenters. The van der Waals surface area contributed by atoms with Crippen LogP contribution in [0.3, 0.4) is 0 Å². The number of fused-ring (bicyclic) bond motifs is 3. The molecule has 0 spiro atoms. The van der Waals surface area contributed by atoms with E-state index in [1.54, 1.807) is 0 Å². The molecule has 3 saturated heterocycles. The largest absolute Gasteiger partial charge is 0.333 e. The van der Waals surface area contributed by atoms with Crippen LogP contribution >= 0.6 is 0 Å². The van der Waals surface area contributed by atoms with Crippen molar-refractivity contribution >= 4 is 5.91 Å². The van der Waals surface area contributed by atoms with Gasteiger partial charge >= 0.3 is 0 Å². The van der Waals surface area contributed by atoms with Crippen molar-refractivity contribution in [3.63, 3.8) is 0 Å². The first-order chi connectivity index (χ1) is 15.0. The van der Waals surface area contributed by atoms with Crippen molar-refractivity contribution in [3.05, 3.63) is 34.8 Å². The van der Waals surface area contributed by atoms with Gasteiger partial charge in [-0.05, 0) is 68.1 Å². The number of rotatable bonds is 1. The molecule has 1 amide bonds. The lowest BCUT2D eigenvalue weighted by Crippen LogP contribution is -2.60. The minimum absolute atomic E-state index is 0.177. The highest BCUT2D eigenvalue weighted by Crippen LogP contribution is 2.41. The number of carbonyl (C=O) groups excluding carboxylic acids is 1. The summed E-state index contributed by atoms with van der Waals surface area (Å²) in [4.78, 5) is 16.8. The molecule has 2 atom stereocenters. The molecule has 1 aromatic carbocycles. The quantitative estimate of drug-likeness (QED) is 0.796. The zero-order chi connectivity index (χ0) is 24.5. The Hall–Kier alpha value is -1.35. The maximum Gasteiger partial charge on any atom is 0.254 e. The SMILES string of the molecule is [2H]c1c([2H])c2c3c(c1[2H])C([2H])([2H])C([2H])([2H])C([2H])([2H])[C@]3([2H])CN([C@]1([2H])CN3CCC1CC3)C2=O. The van der Waals surface area contributed by atoms with Gasteiger partial charge in [0, 0.05) is 40.2 Å². The number of hydrogen-bond donors (Lipinski definition) is 0. The lowest BCUT2D eigenvalue weighted by Gasteiger charge is -2.51. The number of carbonyl (C=O) groups is 1. The van der Waals surface area contributed by atoms with Gasteiger partial charge in [0.25, 0.3) is 5.91 Å². The summed E-state index contributed by atoms with van der Waals surface area (Å²) < 4.78 is 94.1. The van der Waals surface area contributed by atoms with Crippen molar-refractivity contribution < 1.29 is 19.9 Å². The van der Waals surface area contributed by atoms with E-state index in [9.17, 15) is 7.54 Å². The van der Waals surface area contributed by atoms with E-state index in [-0.39, 0.29) is 12.5 Å². The van der Waals surface area contributed by atoms with Gasteiger partial charge in [0.1, 0.15) is 0 Å². The molecule has 5 aliphatic rings. The van der Waals surface area contributed by atoms with Crippen LogP contribution in [-0.4, -0.2) is 47.9 Å². The molecule has 3 fully saturated rings. The molecule has 0 aromatic heterocycles. The first-order valence-electron chi connectivity index (χ1n) is 13.2.